The predicted octanol–water partition coefficient (Wildman–Crippen LogP) is 1.16. The summed E-state index contributed by atoms with van der Waals surface area (Å²) in [5, 5.41) is 11.7. The summed E-state index contributed by atoms with van der Waals surface area (Å²) < 4.78 is 10.2. The summed E-state index contributed by atoms with van der Waals surface area (Å²) in [7, 11) is 0. The van der Waals surface area contributed by atoms with Gasteiger partial charge in [0.1, 0.15) is 0 Å². The zero-order valence-corrected chi connectivity index (χ0v) is 7.78. The van der Waals surface area contributed by atoms with Crippen molar-refractivity contribution in [1.29, 1.82) is 0 Å². The zero-order chi connectivity index (χ0) is 10.1. The Hall–Kier alpha value is -1.62. The van der Waals surface area contributed by atoms with Crippen LogP contribution in [0.15, 0.2) is 17.3 Å². The molecule has 6 heteroatoms. The maximum Gasteiger partial charge on any atom is 0.231 e. The minimum Gasteiger partial charge on any atom is -0.454 e. The molecule has 1 aliphatic heterocycles. The molecule has 0 saturated carbocycles. The molecule has 0 amide bonds. The standard InChI is InChI=1S/C8H7ClN2O3/c9-5-1-4(8(10)11-12)2-6-7(5)14-3-13-6/h1-2,12H,3H2,(H2,10,11). The van der Waals surface area contributed by atoms with E-state index in [1.54, 1.807) is 12.1 Å². The fourth-order valence-corrected chi connectivity index (χ4v) is 1.44. The van der Waals surface area contributed by atoms with Gasteiger partial charge in [0.05, 0.1) is 5.02 Å². The molecule has 1 aromatic rings. The minimum absolute atomic E-state index is 0.0230. The number of benzene rings is 1. The van der Waals surface area contributed by atoms with Crippen LogP contribution in [0.25, 0.3) is 0 Å². The number of hydrogen-bond acceptors (Lipinski definition) is 4. The largest absolute Gasteiger partial charge is 0.454 e. The van der Waals surface area contributed by atoms with Crippen molar-refractivity contribution in [2.45, 2.75) is 0 Å². The molecule has 74 valence electrons. The van der Waals surface area contributed by atoms with Crippen molar-refractivity contribution in [1.82, 2.24) is 0 Å². The molecule has 14 heavy (non-hydrogen) atoms. The number of nitrogens with zero attached hydrogens (tertiary/aromatic N) is 1. The number of amidine groups is 1. The van der Waals surface area contributed by atoms with E-state index in [0.717, 1.165) is 0 Å². The number of ether oxygens (including phenoxy) is 2. The van der Waals surface area contributed by atoms with Crippen LogP contribution in [0.1, 0.15) is 5.56 Å². The Morgan fingerprint density at radius 1 is 1.50 bits per heavy atom. The van der Waals surface area contributed by atoms with E-state index < -0.39 is 0 Å². The van der Waals surface area contributed by atoms with Gasteiger partial charge in [-0.3, -0.25) is 0 Å². The molecule has 0 atom stereocenters. The van der Waals surface area contributed by atoms with Gasteiger partial charge in [0.2, 0.25) is 6.79 Å². The summed E-state index contributed by atoms with van der Waals surface area (Å²) in [5.41, 5.74) is 5.89. The average Bonchev–Trinajstić information content (AvgIpc) is 2.64. The molecule has 0 aromatic heterocycles. The summed E-state index contributed by atoms with van der Waals surface area (Å²) in [5.74, 6) is 0.963. The van der Waals surface area contributed by atoms with Crippen LogP contribution in [0.3, 0.4) is 0 Å². The molecule has 0 bridgehead atoms. The third-order valence-corrected chi connectivity index (χ3v) is 2.11. The molecule has 0 radical (unpaired) electrons. The molecule has 1 heterocycles. The molecule has 0 aliphatic carbocycles. The summed E-state index contributed by atoms with van der Waals surface area (Å²) in [6.45, 7) is 0.134. The molecule has 1 aromatic carbocycles. The van der Waals surface area contributed by atoms with E-state index in [4.69, 9.17) is 32.0 Å². The van der Waals surface area contributed by atoms with Crippen molar-refractivity contribution < 1.29 is 14.7 Å². The maximum absolute atomic E-state index is 8.48. The van der Waals surface area contributed by atoms with Crippen LogP contribution in [0.2, 0.25) is 5.02 Å². The van der Waals surface area contributed by atoms with E-state index in [9.17, 15) is 0 Å². The lowest BCUT2D eigenvalue weighted by Crippen LogP contribution is -2.12. The molecule has 5 nitrogen and oxygen atoms in total. The minimum atomic E-state index is -0.0230. The van der Waals surface area contributed by atoms with E-state index >= 15 is 0 Å². The number of halogens is 1. The first-order valence-electron chi connectivity index (χ1n) is 3.79. The lowest BCUT2D eigenvalue weighted by atomic mass is 10.2. The van der Waals surface area contributed by atoms with Gasteiger partial charge in [-0.15, -0.1) is 0 Å². The van der Waals surface area contributed by atoms with Gasteiger partial charge >= 0.3 is 0 Å². The van der Waals surface area contributed by atoms with Gasteiger partial charge in [0, 0.05) is 5.56 Å². The second-order valence-electron chi connectivity index (χ2n) is 2.68. The number of nitrogens with two attached hydrogens (primary N) is 1. The van der Waals surface area contributed by atoms with E-state index in [2.05, 4.69) is 5.16 Å². The first kappa shape index (κ1) is 8.96. The van der Waals surface area contributed by atoms with Crippen molar-refractivity contribution in [2.24, 2.45) is 10.9 Å². The molecular weight excluding hydrogens is 208 g/mol. The molecule has 0 unspecified atom stereocenters. The van der Waals surface area contributed by atoms with Crippen LogP contribution in [-0.2, 0) is 0 Å². The molecule has 1 aliphatic rings. The Balaban J connectivity index is 2.52. The van der Waals surface area contributed by atoms with Gasteiger partial charge in [-0.05, 0) is 12.1 Å². The van der Waals surface area contributed by atoms with Crippen molar-refractivity contribution in [3.63, 3.8) is 0 Å². The number of rotatable bonds is 1. The molecule has 0 saturated heterocycles. The van der Waals surface area contributed by atoms with Gasteiger partial charge in [-0.1, -0.05) is 16.8 Å². The highest BCUT2D eigenvalue weighted by molar-refractivity contribution is 6.32. The van der Waals surface area contributed by atoms with Gasteiger partial charge in [0.15, 0.2) is 17.3 Å². The van der Waals surface area contributed by atoms with Gasteiger partial charge < -0.3 is 20.4 Å². The van der Waals surface area contributed by atoms with E-state index in [1.807, 2.05) is 0 Å². The Morgan fingerprint density at radius 3 is 3.00 bits per heavy atom. The van der Waals surface area contributed by atoms with Crippen LogP contribution in [0, 0.1) is 0 Å². The average molecular weight is 215 g/mol. The summed E-state index contributed by atoms with van der Waals surface area (Å²) in [6, 6.07) is 3.15. The fraction of sp³-hybridized carbons (Fsp3) is 0.125. The van der Waals surface area contributed by atoms with Crippen LogP contribution in [0.4, 0.5) is 0 Å². The SMILES string of the molecule is N/C(=N\O)c1cc(Cl)c2c(c1)OCO2. The highest BCUT2D eigenvalue weighted by atomic mass is 35.5. The lowest BCUT2D eigenvalue weighted by molar-refractivity contribution is 0.174. The maximum atomic E-state index is 8.48. The fourth-order valence-electron chi connectivity index (χ4n) is 1.17. The van der Waals surface area contributed by atoms with Crippen LogP contribution < -0.4 is 15.2 Å². The van der Waals surface area contributed by atoms with Gasteiger partial charge in [-0.2, -0.15) is 0 Å². The van der Waals surface area contributed by atoms with Crippen molar-refractivity contribution in [3.8, 4) is 11.5 Å². The number of hydrogen-bond donors (Lipinski definition) is 2. The number of fused-ring (bicyclic) bond motifs is 1. The van der Waals surface area contributed by atoms with Crippen molar-refractivity contribution in [3.05, 3.63) is 22.7 Å². The molecule has 2 rings (SSSR count). The normalized spacial score (nSPS) is 14.5. The Morgan fingerprint density at radius 2 is 2.29 bits per heavy atom. The molecule has 3 N–H and O–H groups in total. The summed E-state index contributed by atoms with van der Waals surface area (Å²) in [6.07, 6.45) is 0. The van der Waals surface area contributed by atoms with Crippen LogP contribution in [0.5, 0.6) is 11.5 Å². The van der Waals surface area contributed by atoms with Crippen LogP contribution >= 0.6 is 11.6 Å². The third-order valence-electron chi connectivity index (χ3n) is 1.83. The quantitative estimate of drug-likeness (QED) is 0.318. The van der Waals surface area contributed by atoms with E-state index in [1.165, 1.54) is 0 Å². The Bertz CT molecular complexity index is 406. The summed E-state index contributed by atoms with van der Waals surface area (Å²) in [4.78, 5) is 0. The highest BCUT2D eigenvalue weighted by Gasteiger charge is 2.19. The Labute approximate surface area is 84.7 Å². The first-order chi connectivity index (χ1) is 6.72. The smallest absolute Gasteiger partial charge is 0.231 e. The molecular formula is C8H7ClN2O3. The van der Waals surface area contributed by atoms with Gasteiger partial charge in [-0.25, -0.2) is 0 Å². The van der Waals surface area contributed by atoms with E-state index in [0.29, 0.717) is 22.1 Å². The Kier molecular flexibility index (Phi) is 2.09. The second-order valence-corrected chi connectivity index (χ2v) is 3.08. The second kappa shape index (κ2) is 3.26. The predicted molar refractivity (Wildman–Crippen MR) is 50.1 cm³/mol. The topological polar surface area (TPSA) is 77.1 Å². The molecule has 0 fully saturated rings. The van der Waals surface area contributed by atoms with Gasteiger partial charge in [0.25, 0.3) is 0 Å². The highest BCUT2D eigenvalue weighted by Crippen LogP contribution is 2.39. The van der Waals surface area contributed by atoms with Crippen molar-refractivity contribution >= 4 is 17.4 Å². The van der Waals surface area contributed by atoms with Crippen LogP contribution in [-0.4, -0.2) is 17.8 Å². The molecule has 0 spiro atoms. The monoisotopic (exact) mass is 214 g/mol. The lowest BCUT2D eigenvalue weighted by Gasteiger charge is -2.02. The van der Waals surface area contributed by atoms with Crippen molar-refractivity contribution in [2.75, 3.05) is 6.79 Å². The summed E-state index contributed by atoms with van der Waals surface area (Å²) >= 11 is 5.88. The third kappa shape index (κ3) is 1.31. The number of oxime groups is 1. The zero-order valence-electron chi connectivity index (χ0n) is 7.03. The van der Waals surface area contributed by atoms with E-state index in [-0.39, 0.29) is 12.6 Å². The first-order valence-corrected chi connectivity index (χ1v) is 4.17.